The number of hydrogen-bond acceptors (Lipinski definition) is 3. The zero-order valence-corrected chi connectivity index (χ0v) is 9.69. The standard InChI is InChI=1S/C14H12N2O2/c17-13-11-8-1-2-9(7-8)12(11)14(18)16(13)10-3-5-15-6-4-10/h1-6,8-9,11-12H,7H2/t8-,9-,11+,12+/m0/s1. The molecule has 4 rings (SSSR count). The van der Waals surface area contributed by atoms with Crippen LogP contribution in [-0.4, -0.2) is 16.8 Å². The van der Waals surface area contributed by atoms with E-state index in [-0.39, 0.29) is 35.5 Å². The summed E-state index contributed by atoms with van der Waals surface area (Å²) >= 11 is 0. The smallest absolute Gasteiger partial charge is 0.238 e. The molecule has 2 amide bonds. The summed E-state index contributed by atoms with van der Waals surface area (Å²) in [6.45, 7) is 0. The highest BCUT2D eigenvalue weighted by atomic mass is 16.2. The molecular weight excluding hydrogens is 228 g/mol. The number of carbonyl (C=O) groups is 2. The van der Waals surface area contributed by atoms with Gasteiger partial charge in [0.1, 0.15) is 0 Å². The fraction of sp³-hybridized carbons (Fsp3) is 0.357. The lowest BCUT2D eigenvalue weighted by molar-refractivity contribution is -0.123. The first-order chi connectivity index (χ1) is 8.77. The number of carbonyl (C=O) groups excluding carboxylic acids is 2. The van der Waals surface area contributed by atoms with Crippen molar-refractivity contribution >= 4 is 17.5 Å². The summed E-state index contributed by atoms with van der Waals surface area (Å²) in [7, 11) is 0. The van der Waals surface area contributed by atoms with Gasteiger partial charge in [-0.1, -0.05) is 12.2 Å². The summed E-state index contributed by atoms with van der Waals surface area (Å²) in [6.07, 6.45) is 8.39. The Hall–Kier alpha value is -1.97. The third-order valence-electron chi connectivity index (χ3n) is 4.39. The molecule has 4 heteroatoms. The molecule has 0 radical (unpaired) electrons. The Morgan fingerprint density at radius 1 is 1.00 bits per heavy atom. The van der Waals surface area contributed by atoms with Gasteiger partial charge in [-0.05, 0) is 30.4 Å². The molecule has 2 heterocycles. The molecule has 2 bridgehead atoms. The van der Waals surface area contributed by atoms with E-state index >= 15 is 0 Å². The third kappa shape index (κ3) is 1.08. The first-order valence-corrected chi connectivity index (χ1v) is 6.23. The maximum atomic E-state index is 12.4. The number of rotatable bonds is 1. The average molecular weight is 240 g/mol. The summed E-state index contributed by atoms with van der Waals surface area (Å²) in [6, 6.07) is 3.43. The Kier molecular flexibility index (Phi) is 1.82. The Morgan fingerprint density at radius 2 is 1.56 bits per heavy atom. The normalized spacial score (nSPS) is 36.6. The van der Waals surface area contributed by atoms with Crippen LogP contribution in [0.1, 0.15) is 6.42 Å². The second-order valence-corrected chi connectivity index (χ2v) is 5.22. The third-order valence-corrected chi connectivity index (χ3v) is 4.39. The highest BCUT2D eigenvalue weighted by Gasteiger charge is 2.59. The minimum Gasteiger partial charge on any atom is -0.274 e. The molecule has 2 fully saturated rings. The molecule has 90 valence electrons. The van der Waals surface area contributed by atoms with Crippen LogP contribution in [0.4, 0.5) is 5.69 Å². The van der Waals surface area contributed by atoms with Crippen LogP contribution in [0.3, 0.4) is 0 Å². The van der Waals surface area contributed by atoms with Crippen LogP contribution in [-0.2, 0) is 9.59 Å². The van der Waals surface area contributed by atoms with E-state index in [1.807, 2.05) is 0 Å². The summed E-state index contributed by atoms with van der Waals surface area (Å²) in [5.74, 6) is 0.217. The summed E-state index contributed by atoms with van der Waals surface area (Å²) in [5.41, 5.74) is 0.647. The van der Waals surface area contributed by atoms with Crippen LogP contribution in [0, 0.1) is 23.7 Å². The monoisotopic (exact) mass is 240 g/mol. The maximum Gasteiger partial charge on any atom is 0.238 e. The van der Waals surface area contributed by atoms with Gasteiger partial charge in [0.25, 0.3) is 0 Å². The van der Waals surface area contributed by atoms with E-state index in [1.165, 1.54) is 4.90 Å². The molecule has 0 N–H and O–H groups in total. The predicted octanol–water partition coefficient (Wildman–Crippen LogP) is 1.39. The van der Waals surface area contributed by atoms with Gasteiger partial charge in [0.2, 0.25) is 11.8 Å². The fourth-order valence-corrected chi connectivity index (χ4v) is 3.65. The van der Waals surface area contributed by atoms with Crippen molar-refractivity contribution in [1.29, 1.82) is 0 Å². The van der Waals surface area contributed by atoms with E-state index in [2.05, 4.69) is 17.1 Å². The van der Waals surface area contributed by atoms with Crippen LogP contribution in [0.15, 0.2) is 36.7 Å². The number of hydrogen-bond donors (Lipinski definition) is 0. The van der Waals surface area contributed by atoms with Crippen molar-refractivity contribution in [2.45, 2.75) is 6.42 Å². The van der Waals surface area contributed by atoms with Crippen molar-refractivity contribution in [1.82, 2.24) is 4.98 Å². The molecule has 0 unspecified atom stereocenters. The Bertz CT molecular complexity index is 536. The molecule has 4 atom stereocenters. The number of nitrogens with zero attached hydrogens (tertiary/aromatic N) is 2. The van der Waals surface area contributed by atoms with Crippen molar-refractivity contribution in [2.75, 3.05) is 4.90 Å². The summed E-state index contributed by atoms with van der Waals surface area (Å²) in [5, 5.41) is 0. The van der Waals surface area contributed by atoms with E-state index in [1.54, 1.807) is 24.5 Å². The average Bonchev–Trinajstić information content (AvgIpc) is 3.05. The molecule has 1 saturated carbocycles. The first-order valence-electron chi connectivity index (χ1n) is 6.23. The minimum absolute atomic E-state index is 0.0342. The number of fused-ring (bicyclic) bond motifs is 5. The molecule has 0 spiro atoms. The molecule has 4 nitrogen and oxygen atoms in total. The maximum absolute atomic E-state index is 12.4. The van der Waals surface area contributed by atoms with Gasteiger partial charge < -0.3 is 0 Å². The van der Waals surface area contributed by atoms with Crippen molar-refractivity contribution in [3.05, 3.63) is 36.7 Å². The van der Waals surface area contributed by atoms with Crippen molar-refractivity contribution in [2.24, 2.45) is 23.7 Å². The lowest BCUT2D eigenvalue weighted by atomic mass is 9.85. The number of anilines is 1. The second-order valence-electron chi connectivity index (χ2n) is 5.22. The Labute approximate surface area is 104 Å². The molecule has 18 heavy (non-hydrogen) atoms. The molecule has 1 aromatic heterocycles. The van der Waals surface area contributed by atoms with Crippen LogP contribution in [0.5, 0.6) is 0 Å². The van der Waals surface area contributed by atoms with E-state index in [0.717, 1.165) is 6.42 Å². The van der Waals surface area contributed by atoms with E-state index in [0.29, 0.717) is 5.69 Å². The van der Waals surface area contributed by atoms with Gasteiger partial charge in [-0.25, -0.2) is 4.90 Å². The summed E-state index contributed by atoms with van der Waals surface area (Å²) in [4.78, 5) is 30.1. The number of allylic oxidation sites excluding steroid dienone is 2. The van der Waals surface area contributed by atoms with Gasteiger partial charge in [0, 0.05) is 12.4 Å². The van der Waals surface area contributed by atoms with E-state index in [9.17, 15) is 9.59 Å². The zero-order chi connectivity index (χ0) is 12.3. The van der Waals surface area contributed by atoms with Gasteiger partial charge in [-0.2, -0.15) is 0 Å². The molecule has 2 aliphatic carbocycles. The second kappa shape index (κ2) is 3.28. The van der Waals surface area contributed by atoms with Crippen molar-refractivity contribution < 1.29 is 9.59 Å². The Balaban J connectivity index is 1.77. The first kappa shape index (κ1) is 10.00. The van der Waals surface area contributed by atoms with Crippen molar-refractivity contribution in [3.8, 4) is 0 Å². The number of imide groups is 1. The summed E-state index contributed by atoms with van der Waals surface area (Å²) < 4.78 is 0. The fourth-order valence-electron chi connectivity index (χ4n) is 3.65. The lowest BCUT2D eigenvalue weighted by Gasteiger charge is -2.16. The topological polar surface area (TPSA) is 50.3 Å². The minimum atomic E-state index is -0.124. The van der Waals surface area contributed by atoms with Crippen LogP contribution >= 0.6 is 0 Å². The number of amides is 2. The largest absolute Gasteiger partial charge is 0.274 e. The zero-order valence-electron chi connectivity index (χ0n) is 9.69. The lowest BCUT2D eigenvalue weighted by Crippen LogP contribution is -2.32. The van der Waals surface area contributed by atoms with Gasteiger partial charge in [-0.3, -0.25) is 14.6 Å². The van der Waals surface area contributed by atoms with Crippen LogP contribution < -0.4 is 4.90 Å². The van der Waals surface area contributed by atoms with E-state index in [4.69, 9.17) is 0 Å². The number of pyridine rings is 1. The van der Waals surface area contributed by atoms with E-state index < -0.39 is 0 Å². The highest BCUT2D eigenvalue weighted by Crippen LogP contribution is 2.53. The molecule has 1 aromatic rings. The molecule has 1 saturated heterocycles. The van der Waals surface area contributed by atoms with Gasteiger partial charge in [0.15, 0.2) is 0 Å². The molecular formula is C14H12N2O2. The van der Waals surface area contributed by atoms with Gasteiger partial charge in [0.05, 0.1) is 17.5 Å². The quantitative estimate of drug-likeness (QED) is 0.550. The molecule has 3 aliphatic rings. The molecule has 0 aromatic carbocycles. The van der Waals surface area contributed by atoms with Crippen LogP contribution in [0.2, 0.25) is 0 Å². The highest BCUT2D eigenvalue weighted by molar-refractivity contribution is 6.22. The Morgan fingerprint density at radius 3 is 2.11 bits per heavy atom. The SMILES string of the molecule is O=C1[C@H]2[C@H](C(=O)N1c1ccncc1)[C@H]1C=C[C@H]2C1. The van der Waals surface area contributed by atoms with Gasteiger partial charge in [-0.15, -0.1) is 0 Å². The van der Waals surface area contributed by atoms with Crippen molar-refractivity contribution in [3.63, 3.8) is 0 Å². The predicted molar refractivity (Wildman–Crippen MR) is 64.4 cm³/mol. The van der Waals surface area contributed by atoms with Gasteiger partial charge >= 0.3 is 0 Å². The van der Waals surface area contributed by atoms with Crippen LogP contribution in [0.25, 0.3) is 0 Å². The molecule has 1 aliphatic heterocycles. The number of aromatic nitrogens is 1.